The molecule has 0 aromatic carbocycles. The Hall–Kier alpha value is -0.770. The predicted molar refractivity (Wildman–Crippen MR) is 69.2 cm³/mol. The van der Waals surface area contributed by atoms with Crippen molar-refractivity contribution >= 4 is 40.2 Å². The second-order valence-corrected chi connectivity index (χ2v) is 4.60. The minimum absolute atomic E-state index is 0.0728. The molecular formula is C10H8ClF3INO3. The number of nitrogens with zero attached hydrogens (tertiary/aromatic N) is 1. The first-order valence-electron chi connectivity index (χ1n) is 4.96. The van der Waals surface area contributed by atoms with Crippen LogP contribution in [-0.4, -0.2) is 23.9 Å². The van der Waals surface area contributed by atoms with Gasteiger partial charge in [-0.05, 0) is 35.6 Å². The molecule has 0 saturated carbocycles. The Morgan fingerprint density at radius 3 is 2.63 bits per heavy atom. The smallest absolute Gasteiger partial charge is 0.461 e. The molecule has 0 radical (unpaired) electrons. The quantitative estimate of drug-likeness (QED) is 0.434. The van der Waals surface area contributed by atoms with E-state index < -0.39 is 18.1 Å². The molecule has 106 valence electrons. The molecule has 0 unspecified atom stereocenters. The molecule has 19 heavy (non-hydrogen) atoms. The molecule has 1 heterocycles. The van der Waals surface area contributed by atoms with Crippen molar-refractivity contribution in [3.8, 4) is 5.75 Å². The van der Waals surface area contributed by atoms with Gasteiger partial charge in [-0.2, -0.15) is 0 Å². The zero-order chi connectivity index (χ0) is 14.6. The van der Waals surface area contributed by atoms with Crippen LogP contribution < -0.4 is 4.74 Å². The summed E-state index contributed by atoms with van der Waals surface area (Å²) in [6, 6.07) is 1.15. The zero-order valence-electron chi connectivity index (χ0n) is 9.55. The first-order valence-corrected chi connectivity index (χ1v) is 6.58. The summed E-state index contributed by atoms with van der Waals surface area (Å²) in [6.45, 7) is 1.74. The normalized spacial score (nSPS) is 11.3. The van der Waals surface area contributed by atoms with Crippen molar-refractivity contribution in [1.82, 2.24) is 4.98 Å². The lowest BCUT2D eigenvalue weighted by Crippen LogP contribution is -2.20. The largest absolute Gasteiger partial charge is 0.573 e. The number of halogens is 5. The van der Waals surface area contributed by atoms with Crippen molar-refractivity contribution in [2.75, 3.05) is 6.61 Å². The van der Waals surface area contributed by atoms with Gasteiger partial charge < -0.3 is 9.47 Å². The van der Waals surface area contributed by atoms with Gasteiger partial charge in [-0.1, -0.05) is 0 Å². The summed E-state index contributed by atoms with van der Waals surface area (Å²) in [5.74, 6) is -1.56. The first-order chi connectivity index (χ1) is 8.78. The van der Waals surface area contributed by atoms with E-state index in [1.165, 1.54) is 0 Å². The van der Waals surface area contributed by atoms with E-state index in [4.69, 9.17) is 16.3 Å². The Morgan fingerprint density at radius 2 is 2.16 bits per heavy atom. The number of pyridine rings is 1. The highest BCUT2D eigenvalue weighted by atomic mass is 127. The number of hydrogen-bond donors (Lipinski definition) is 0. The third kappa shape index (κ3) is 4.68. The maximum atomic E-state index is 12.2. The van der Waals surface area contributed by atoms with Gasteiger partial charge in [-0.3, -0.25) is 0 Å². The van der Waals surface area contributed by atoms with Gasteiger partial charge >= 0.3 is 12.3 Å². The molecule has 0 aliphatic heterocycles. The fourth-order valence-corrected chi connectivity index (χ4v) is 2.07. The van der Waals surface area contributed by atoms with E-state index >= 15 is 0 Å². The van der Waals surface area contributed by atoms with Crippen molar-refractivity contribution in [1.29, 1.82) is 0 Å². The van der Waals surface area contributed by atoms with Gasteiger partial charge in [-0.25, -0.2) is 9.78 Å². The second kappa shape index (κ2) is 6.60. The maximum Gasteiger partial charge on any atom is 0.573 e. The van der Waals surface area contributed by atoms with Gasteiger partial charge in [0.15, 0.2) is 5.75 Å². The van der Waals surface area contributed by atoms with E-state index in [9.17, 15) is 18.0 Å². The number of carbonyl (C=O) groups is 1. The fraction of sp³-hybridized carbons (Fsp3) is 0.400. The summed E-state index contributed by atoms with van der Waals surface area (Å²) in [5, 5.41) is 0. The van der Waals surface area contributed by atoms with E-state index in [1.54, 1.807) is 29.5 Å². The lowest BCUT2D eigenvalue weighted by Gasteiger charge is -2.14. The lowest BCUT2D eigenvalue weighted by molar-refractivity contribution is -0.275. The third-order valence-corrected chi connectivity index (χ3v) is 2.88. The molecule has 0 fully saturated rings. The highest BCUT2D eigenvalue weighted by Gasteiger charge is 2.34. The van der Waals surface area contributed by atoms with Crippen molar-refractivity contribution in [3.63, 3.8) is 0 Å². The highest BCUT2D eigenvalue weighted by Crippen LogP contribution is 2.31. The molecule has 0 N–H and O–H groups in total. The Kier molecular flexibility index (Phi) is 5.65. The van der Waals surface area contributed by atoms with Crippen molar-refractivity contribution in [2.45, 2.75) is 19.2 Å². The van der Waals surface area contributed by atoms with Gasteiger partial charge in [-0.15, -0.1) is 24.8 Å². The SMILES string of the molecule is CCOC(=O)c1cc(I)c(OC(F)(F)F)c(CCl)n1. The van der Waals surface area contributed by atoms with Crippen LogP contribution in [0.25, 0.3) is 0 Å². The van der Waals surface area contributed by atoms with Crippen LogP contribution in [-0.2, 0) is 10.6 Å². The molecule has 0 amide bonds. The average Bonchev–Trinajstić information content (AvgIpc) is 2.30. The Balaban J connectivity index is 3.18. The average molecular weight is 410 g/mol. The van der Waals surface area contributed by atoms with Crippen molar-refractivity contribution < 1.29 is 27.4 Å². The van der Waals surface area contributed by atoms with Crippen LogP contribution in [0.3, 0.4) is 0 Å². The molecule has 0 spiro atoms. The highest BCUT2D eigenvalue weighted by molar-refractivity contribution is 14.1. The summed E-state index contributed by atoms with van der Waals surface area (Å²) in [5.41, 5.74) is -0.287. The molecule has 1 aromatic rings. The molecule has 4 nitrogen and oxygen atoms in total. The summed E-state index contributed by atoms with van der Waals surface area (Å²) in [4.78, 5) is 15.2. The van der Waals surface area contributed by atoms with E-state index in [0.29, 0.717) is 0 Å². The fourth-order valence-electron chi connectivity index (χ4n) is 1.18. The Bertz CT molecular complexity index is 482. The number of ether oxygens (including phenoxy) is 2. The maximum absolute atomic E-state index is 12.2. The number of esters is 1. The number of hydrogen-bond acceptors (Lipinski definition) is 4. The van der Waals surface area contributed by atoms with Gasteiger partial charge in [0.05, 0.1) is 21.8 Å². The van der Waals surface area contributed by atoms with Crippen LogP contribution in [0.4, 0.5) is 13.2 Å². The number of aromatic nitrogens is 1. The zero-order valence-corrected chi connectivity index (χ0v) is 12.5. The van der Waals surface area contributed by atoms with E-state index in [0.717, 1.165) is 6.07 Å². The monoisotopic (exact) mass is 409 g/mol. The van der Waals surface area contributed by atoms with Crippen LogP contribution in [0.15, 0.2) is 6.07 Å². The Morgan fingerprint density at radius 1 is 1.53 bits per heavy atom. The van der Waals surface area contributed by atoms with E-state index in [-0.39, 0.29) is 27.4 Å². The molecule has 1 rings (SSSR count). The van der Waals surface area contributed by atoms with Gasteiger partial charge in [0.25, 0.3) is 0 Å². The van der Waals surface area contributed by atoms with Crippen molar-refractivity contribution in [2.24, 2.45) is 0 Å². The molecule has 0 saturated heterocycles. The third-order valence-electron chi connectivity index (χ3n) is 1.83. The molecule has 0 aliphatic carbocycles. The summed E-state index contributed by atoms with van der Waals surface area (Å²) < 4.78 is 45.3. The molecule has 0 atom stereocenters. The lowest BCUT2D eigenvalue weighted by atomic mass is 10.3. The van der Waals surface area contributed by atoms with Crippen LogP contribution in [0, 0.1) is 3.57 Å². The number of carbonyl (C=O) groups excluding carboxylic acids is 1. The van der Waals surface area contributed by atoms with Crippen molar-refractivity contribution in [3.05, 3.63) is 21.0 Å². The summed E-state index contributed by atoms with van der Waals surface area (Å²) in [6.07, 6.45) is -4.85. The van der Waals surface area contributed by atoms with Crippen LogP contribution in [0.5, 0.6) is 5.75 Å². The standard InChI is InChI=1S/C10H8ClF3INO3/c1-2-18-9(17)6-3-5(15)8(7(4-11)16-6)19-10(12,13)14/h3H,2,4H2,1H3. The van der Waals surface area contributed by atoms with Crippen LogP contribution in [0.2, 0.25) is 0 Å². The molecular weight excluding hydrogens is 401 g/mol. The van der Waals surface area contributed by atoms with Gasteiger partial charge in [0.1, 0.15) is 5.69 Å². The number of alkyl halides is 4. The first kappa shape index (κ1) is 16.3. The number of rotatable bonds is 4. The minimum Gasteiger partial charge on any atom is -0.461 e. The molecule has 0 aliphatic rings. The Labute approximate surface area is 125 Å². The predicted octanol–water partition coefficient (Wildman–Crippen LogP) is 3.50. The molecule has 0 bridgehead atoms. The van der Waals surface area contributed by atoms with Crippen LogP contribution in [0.1, 0.15) is 23.1 Å². The van der Waals surface area contributed by atoms with Crippen LogP contribution >= 0.6 is 34.2 Å². The topological polar surface area (TPSA) is 48.4 Å². The van der Waals surface area contributed by atoms with Gasteiger partial charge in [0.2, 0.25) is 0 Å². The molecule has 9 heteroatoms. The second-order valence-electron chi connectivity index (χ2n) is 3.17. The van der Waals surface area contributed by atoms with E-state index in [2.05, 4.69) is 9.72 Å². The summed E-state index contributed by atoms with van der Waals surface area (Å²) in [7, 11) is 0. The minimum atomic E-state index is -4.85. The summed E-state index contributed by atoms with van der Waals surface area (Å²) >= 11 is 7.13. The van der Waals surface area contributed by atoms with E-state index in [1.807, 2.05) is 0 Å². The molecule has 1 aromatic heterocycles. The van der Waals surface area contributed by atoms with Gasteiger partial charge in [0, 0.05) is 0 Å².